The maximum atomic E-state index is 11.8. The minimum atomic E-state index is -4.13. The molecule has 0 aromatic heterocycles. The first-order chi connectivity index (χ1) is 7.95. The van der Waals surface area contributed by atoms with Gasteiger partial charge < -0.3 is 11.1 Å². The molecule has 0 bridgehead atoms. The molecule has 3 nitrogen and oxygen atoms in total. The van der Waals surface area contributed by atoms with Crippen LogP contribution < -0.4 is 11.1 Å². The Kier molecular flexibility index (Phi) is 8.85. The van der Waals surface area contributed by atoms with Crippen molar-refractivity contribution in [3.8, 4) is 0 Å². The Morgan fingerprint density at radius 2 is 1.71 bits per heavy atom. The summed E-state index contributed by atoms with van der Waals surface area (Å²) in [5.74, 6) is -0.167. The van der Waals surface area contributed by atoms with Crippen molar-refractivity contribution in [1.82, 2.24) is 5.32 Å². The monoisotopic (exact) mass is 254 g/mol. The average molecular weight is 254 g/mol. The highest BCUT2D eigenvalue weighted by Crippen LogP contribution is 2.20. The van der Waals surface area contributed by atoms with E-state index in [-0.39, 0.29) is 18.9 Å². The lowest BCUT2D eigenvalue weighted by Crippen LogP contribution is -2.25. The molecule has 1 amide bonds. The largest absolute Gasteiger partial charge is 0.389 e. The summed E-state index contributed by atoms with van der Waals surface area (Å²) in [7, 11) is 0. The fraction of sp³-hybridized carbons (Fsp3) is 0.909. The molecule has 3 N–H and O–H groups in total. The Morgan fingerprint density at radius 3 is 2.29 bits per heavy atom. The van der Waals surface area contributed by atoms with Crippen molar-refractivity contribution < 1.29 is 18.0 Å². The third-order valence-corrected chi connectivity index (χ3v) is 2.32. The molecule has 0 aliphatic heterocycles. The van der Waals surface area contributed by atoms with E-state index in [1.54, 1.807) is 0 Å². The standard InChI is InChI=1S/C11H21F3N2O/c12-11(13,14)7-5-9-16-10(17)6-3-1-2-4-8-15/h1-9,15H2,(H,16,17). The van der Waals surface area contributed by atoms with Crippen LogP contribution in [0.4, 0.5) is 13.2 Å². The minimum absolute atomic E-state index is 0.0532. The third-order valence-electron chi connectivity index (χ3n) is 2.32. The van der Waals surface area contributed by atoms with E-state index in [0.29, 0.717) is 13.0 Å². The minimum Gasteiger partial charge on any atom is -0.356 e. The van der Waals surface area contributed by atoms with E-state index in [1.165, 1.54) is 0 Å². The van der Waals surface area contributed by atoms with E-state index < -0.39 is 12.6 Å². The average Bonchev–Trinajstić information content (AvgIpc) is 2.23. The van der Waals surface area contributed by atoms with Crippen LogP contribution in [0.25, 0.3) is 0 Å². The number of rotatable bonds is 9. The van der Waals surface area contributed by atoms with Crippen LogP contribution >= 0.6 is 0 Å². The highest BCUT2D eigenvalue weighted by molar-refractivity contribution is 5.75. The van der Waals surface area contributed by atoms with E-state index in [0.717, 1.165) is 25.7 Å². The molecule has 0 saturated heterocycles. The van der Waals surface area contributed by atoms with Gasteiger partial charge in [-0.15, -0.1) is 0 Å². The van der Waals surface area contributed by atoms with Gasteiger partial charge in [-0.2, -0.15) is 13.2 Å². The Balaban J connectivity index is 3.29. The van der Waals surface area contributed by atoms with E-state index in [9.17, 15) is 18.0 Å². The number of amides is 1. The molecule has 0 heterocycles. The molecule has 17 heavy (non-hydrogen) atoms. The number of unbranched alkanes of at least 4 members (excludes halogenated alkanes) is 3. The first-order valence-corrected chi connectivity index (χ1v) is 5.99. The van der Waals surface area contributed by atoms with Crippen molar-refractivity contribution in [2.24, 2.45) is 5.73 Å². The summed E-state index contributed by atoms with van der Waals surface area (Å²) in [6, 6.07) is 0. The van der Waals surface area contributed by atoms with Gasteiger partial charge in [0.05, 0.1) is 0 Å². The second-order valence-corrected chi connectivity index (χ2v) is 4.02. The van der Waals surface area contributed by atoms with Crippen LogP contribution in [0.2, 0.25) is 0 Å². The summed E-state index contributed by atoms with van der Waals surface area (Å²) in [6.07, 6.45) is -0.987. The van der Waals surface area contributed by atoms with Crippen molar-refractivity contribution in [1.29, 1.82) is 0 Å². The number of carbonyl (C=O) groups excluding carboxylic acids is 1. The van der Waals surface area contributed by atoms with E-state index in [2.05, 4.69) is 5.32 Å². The zero-order valence-electron chi connectivity index (χ0n) is 9.98. The molecule has 0 atom stereocenters. The van der Waals surface area contributed by atoms with Gasteiger partial charge in [0.15, 0.2) is 0 Å². The first-order valence-electron chi connectivity index (χ1n) is 5.99. The van der Waals surface area contributed by atoms with Crippen LogP contribution in [0.3, 0.4) is 0 Å². The van der Waals surface area contributed by atoms with Gasteiger partial charge in [-0.05, 0) is 25.8 Å². The predicted octanol–water partition coefficient (Wildman–Crippen LogP) is 2.35. The number of carbonyl (C=O) groups is 1. The topological polar surface area (TPSA) is 55.1 Å². The molecule has 0 aromatic rings. The highest BCUT2D eigenvalue weighted by Gasteiger charge is 2.25. The summed E-state index contributed by atoms with van der Waals surface area (Å²) in [5, 5.41) is 2.48. The van der Waals surface area contributed by atoms with Crippen molar-refractivity contribution >= 4 is 5.91 Å². The molecule has 0 saturated carbocycles. The van der Waals surface area contributed by atoms with E-state index in [1.807, 2.05) is 0 Å². The van der Waals surface area contributed by atoms with E-state index >= 15 is 0 Å². The molecule has 102 valence electrons. The van der Waals surface area contributed by atoms with Gasteiger partial charge in [0.1, 0.15) is 0 Å². The quantitative estimate of drug-likeness (QED) is 0.620. The highest BCUT2D eigenvalue weighted by atomic mass is 19.4. The molecule has 0 aromatic carbocycles. The van der Waals surface area contributed by atoms with Gasteiger partial charge in [-0.3, -0.25) is 4.79 Å². The van der Waals surface area contributed by atoms with Crippen molar-refractivity contribution in [3.63, 3.8) is 0 Å². The van der Waals surface area contributed by atoms with Crippen LogP contribution in [-0.2, 0) is 4.79 Å². The van der Waals surface area contributed by atoms with Crippen molar-refractivity contribution in [2.75, 3.05) is 13.1 Å². The summed E-state index contributed by atoms with van der Waals surface area (Å²) in [5.41, 5.74) is 5.32. The summed E-state index contributed by atoms with van der Waals surface area (Å²) in [4.78, 5) is 11.2. The van der Waals surface area contributed by atoms with Crippen LogP contribution in [0.1, 0.15) is 44.9 Å². The number of hydrogen-bond donors (Lipinski definition) is 2. The molecule has 0 rings (SSSR count). The smallest absolute Gasteiger partial charge is 0.356 e. The van der Waals surface area contributed by atoms with Crippen LogP contribution in [0, 0.1) is 0 Å². The summed E-state index contributed by atoms with van der Waals surface area (Å²) < 4.78 is 35.3. The lowest BCUT2D eigenvalue weighted by molar-refractivity contribution is -0.136. The Hall–Kier alpha value is -0.780. The summed E-state index contributed by atoms with van der Waals surface area (Å²) >= 11 is 0. The lowest BCUT2D eigenvalue weighted by Gasteiger charge is -2.07. The number of halogens is 3. The third kappa shape index (κ3) is 13.2. The second-order valence-electron chi connectivity index (χ2n) is 4.02. The fourth-order valence-electron chi connectivity index (χ4n) is 1.39. The number of hydrogen-bond acceptors (Lipinski definition) is 2. The molecular formula is C11H21F3N2O. The van der Waals surface area contributed by atoms with Gasteiger partial charge in [0.25, 0.3) is 0 Å². The van der Waals surface area contributed by atoms with Crippen molar-refractivity contribution in [2.45, 2.75) is 51.1 Å². The molecule has 0 aliphatic carbocycles. The number of nitrogens with one attached hydrogen (secondary N) is 1. The predicted molar refractivity (Wildman–Crippen MR) is 60.4 cm³/mol. The maximum absolute atomic E-state index is 11.8. The zero-order valence-corrected chi connectivity index (χ0v) is 9.98. The molecule has 0 unspecified atom stereocenters. The second kappa shape index (κ2) is 9.27. The lowest BCUT2D eigenvalue weighted by atomic mass is 10.1. The maximum Gasteiger partial charge on any atom is 0.389 e. The SMILES string of the molecule is NCCCCCCC(=O)NCCCC(F)(F)F. The molecular weight excluding hydrogens is 233 g/mol. The summed E-state index contributed by atoms with van der Waals surface area (Å²) in [6.45, 7) is 0.755. The van der Waals surface area contributed by atoms with Gasteiger partial charge in [0, 0.05) is 19.4 Å². The van der Waals surface area contributed by atoms with Gasteiger partial charge >= 0.3 is 6.18 Å². The van der Waals surface area contributed by atoms with Crippen LogP contribution in [0.5, 0.6) is 0 Å². The van der Waals surface area contributed by atoms with E-state index in [4.69, 9.17) is 5.73 Å². The Labute approximate surface area is 99.9 Å². The Bertz CT molecular complexity index is 207. The zero-order chi connectivity index (χ0) is 13.1. The first kappa shape index (κ1) is 16.2. The number of nitrogens with two attached hydrogens (primary N) is 1. The van der Waals surface area contributed by atoms with Crippen LogP contribution in [-0.4, -0.2) is 25.2 Å². The molecule has 0 radical (unpaired) electrons. The van der Waals surface area contributed by atoms with Crippen molar-refractivity contribution in [3.05, 3.63) is 0 Å². The van der Waals surface area contributed by atoms with Crippen LogP contribution in [0.15, 0.2) is 0 Å². The molecule has 6 heteroatoms. The van der Waals surface area contributed by atoms with Gasteiger partial charge in [-0.25, -0.2) is 0 Å². The number of alkyl halides is 3. The van der Waals surface area contributed by atoms with Gasteiger partial charge in [-0.1, -0.05) is 12.8 Å². The fourth-order valence-corrected chi connectivity index (χ4v) is 1.39. The Morgan fingerprint density at radius 1 is 1.06 bits per heavy atom. The van der Waals surface area contributed by atoms with Gasteiger partial charge in [0.2, 0.25) is 5.91 Å². The molecule has 0 spiro atoms. The molecule has 0 fully saturated rings. The molecule has 0 aliphatic rings. The normalized spacial score (nSPS) is 11.5.